The van der Waals surface area contributed by atoms with Crippen LogP contribution in [0.3, 0.4) is 0 Å². The summed E-state index contributed by atoms with van der Waals surface area (Å²) in [6.45, 7) is -1.71. The van der Waals surface area contributed by atoms with E-state index < -0.39 is 129 Å². The second-order valence-corrected chi connectivity index (χ2v) is 17.8. The number of rotatable bonds is 18. The zero-order valence-corrected chi connectivity index (χ0v) is 41.8. The Morgan fingerprint density at radius 1 is 0.571 bits per heavy atom. The fourth-order valence-corrected chi connectivity index (χ4v) is 7.92. The van der Waals surface area contributed by atoms with E-state index in [0.29, 0.717) is 24.3 Å². The summed E-state index contributed by atoms with van der Waals surface area (Å²) in [5.41, 5.74) is -2.71. The SMILES string of the molecule is O=S(=O)([O-])OCCS(=O)(=O)c1ccc(N=Nc2cc(N=Nc3ccc(S(=O)(=O)CCOSOO[O-])cc3S(=O)(=O)[O-])c(O)cc2O)c(S(=O)(=O)[O-])c1.[Na+].[Na+].[Na+].[Na+]. The van der Waals surface area contributed by atoms with Crippen molar-refractivity contribution in [3.8, 4) is 11.5 Å². The van der Waals surface area contributed by atoms with Crippen LogP contribution in [0.25, 0.3) is 0 Å². The molecule has 0 fully saturated rings. The van der Waals surface area contributed by atoms with E-state index >= 15 is 0 Å². The van der Waals surface area contributed by atoms with Crippen molar-refractivity contribution in [2.75, 3.05) is 24.7 Å². The number of hydrogen-bond donors (Lipinski definition) is 2. The largest absolute Gasteiger partial charge is 1.00 e. The molecule has 286 valence electrons. The van der Waals surface area contributed by atoms with Gasteiger partial charge in [0.05, 0.1) is 44.3 Å². The van der Waals surface area contributed by atoms with Gasteiger partial charge in [0.1, 0.15) is 54.5 Å². The van der Waals surface area contributed by atoms with Gasteiger partial charge in [0.2, 0.25) is 10.4 Å². The first-order chi connectivity index (χ1) is 23.9. The molecule has 3 rings (SSSR count). The van der Waals surface area contributed by atoms with Gasteiger partial charge in [-0.15, -0.1) is 24.8 Å². The number of nitrogens with zero attached hydrogens (tertiary/aromatic N) is 4. The molecule has 0 spiro atoms. The van der Waals surface area contributed by atoms with Crippen molar-refractivity contribution in [2.45, 2.75) is 19.6 Å². The Balaban J connectivity index is 0. The maximum absolute atomic E-state index is 12.6. The second kappa shape index (κ2) is 24.6. The molecule has 0 radical (unpaired) electrons. The van der Waals surface area contributed by atoms with E-state index in [9.17, 15) is 71.2 Å². The standard InChI is InChI=1S/C22H22N4O20S6.4Na/c27-19-12-20(28)18(26-24-16-4-2-14(10-22(16)51(37,38)39)49(32,33)8-6-44-52(40,41)42)11-17(19)25-23-15-3-1-13(9-21(15)50(34,35)36)48(30,31)7-5-43-47-46-45-29;;;;/h1-4,9-12,27-29H,5-8H2,(H,34,35,36)(H,37,38,39)(H,40,41,42);;;;/q;4*+1/p-4. The van der Waals surface area contributed by atoms with Crippen LogP contribution in [0.5, 0.6) is 11.5 Å². The zero-order chi connectivity index (χ0) is 39.1. The van der Waals surface area contributed by atoms with Crippen LogP contribution in [-0.4, -0.2) is 90.7 Å². The number of hydrogen-bond acceptors (Lipinski definition) is 25. The molecule has 34 heteroatoms. The molecule has 0 aromatic heterocycles. The Morgan fingerprint density at radius 2 is 0.964 bits per heavy atom. The molecule has 0 bridgehead atoms. The van der Waals surface area contributed by atoms with Crippen LogP contribution >= 0.6 is 12.3 Å². The Hall–Kier alpha value is 0.240. The van der Waals surface area contributed by atoms with Crippen molar-refractivity contribution in [3.63, 3.8) is 0 Å². The van der Waals surface area contributed by atoms with E-state index in [4.69, 9.17) is 0 Å². The van der Waals surface area contributed by atoms with Gasteiger partial charge in [-0.05, 0) is 36.4 Å². The number of phenols is 2. The van der Waals surface area contributed by atoms with Gasteiger partial charge >= 0.3 is 118 Å². The molecule has 3 aromatic rings. The number of benzene rings is 3. The van der Waals surface area contributed by atoms with Crippen molar-refractivity contribution >= 4 is 85.4 Å². The summed E-state index contributed by atoms with van der Waals surface area (Å²) in [5, 5.41) is 47.3. The van der Waals surface area contributed by atoms with Gasteiger partial charge in [-0.3, -0.25) is 13.4 Å². The van der Waals surface area contributed by atoms with E-state index in [-0.39, 0.29) is 131 Å². The monoisotopic (exact) mass is 942 g/mol. The molecular weight excluding hydrogens is 925 g/mol. The Morgan fingerprint density at radius 3 is 1.34 bits per heavy atom. The van der Waals surface area contributed by atoms with Crippen LogP contribution in [0.4, 0.5) is 22.7 Å². The summed E-state index contributed by atoms with van der Waals surface area (Å²) in [6, 6.07) is 5.25. The summed E-state index contributed by atoms with van der Waals surface area (Å²) in [6.07, 6.45) is 0. The Bertz CT molecular complexity index is 2460. The molecule has 0 aliphatic heterocycles. The molecule has 0 saturated carbocycles. The molecule has 56 heavy (non-hydrogen) atoms. The molecule has 2 N–H and O–H groups in total. The molecule has 0 aliphatic carbocycles. The molecule has 0 unspecified atom stereocenters. The molecule has 0 atom stereocenters. The molecule has 0 amide bonds. The first kappa shape index (κ1) is 58.3. The minimum absolute atomic E-state index is 0. The topological polar surface area (TPSA) is 390 Å². The number of aromatic hydroxyl groups is 2. The van der Waals surface area contributed by atoms with E-state index in [1.807, 2.05) is 0 Å². The number of sulfone groups is 2. The van der Waals surface area contributed by atoms with Gasteiger partial charge in [-0.25, -0.2) is 42.1 Å². The predicted octanol–water partition coefficient (Wildman–Crippen LogP) is -11.4. The maximum Gasteiger partial charge on any atom is 1.00 e. The van der Waals surface area contributed by atoms with Crippen molar-refractivity contribution in [1.29, 1.82) is 0 Å². The number of azo groups is 2. The maximum atomic E-state index is 12.6. The van der Waals surface area contributed by atoms with Gasteiger partial charge in [0.25, 0.3) is 0 Å². The summed E-state index contributed by atoms with van der Waals surface area (Å²) in [7, 11) is -25.0. The van der Waals surface area contributed by atoms with Gasteiger partial charge in [-0.2, -0.15) is 0 Å². The normalized spacial score (nSPS) is 12.4. The van der Waals surface area contributed by atoms with Crippen LogP contribution in [0.2, 0.25) is 0 Å². The van der Waals surface area contributed by atoms with Crippen LogP contribution in [0.1, 0.15) is 0 Å². The first-order valence-corrected chi connectivity index (χ1v) is 21.0. The first-order valence-electron chi connectivity index (χ1n) is 12.8. The number of phenolic OH excluding ortho intramolecular Hbond substituents is 2. The van der Waals surface area contributed by atoms with Crippen LogP contribution in [-0.2, 0) is 68.0 Å². The fourth-order valence-electron chi connectivity index (χ4n) is 3.56. The van der Waals surface area contributed by atoms with Crippen molar-refractivity contribution < 1.29 is 207 Å². The molecule has 0 aliphatic rings. The average Bonchev–Trinajstić information content (AvgIpc) is 3.02. The van der Waals surface area contributed by atoms with Gasteiger partial charge in [0.15, 0.2) is 32.0 Å². The third-order valence-electron chi connectivity index (χ3n) is 5.84. The quantitative estimate of drug-likeness (QED) is 0.0175. The van der Waals surface area contributed by atoms with E-state index in [0.717, 1.165) is 24.3 Å². The Labute approximate surface area is 411 Å². The van der Waals surface area contributed by atoms with Gasteiger partial charge in [0, 0.05) is 12.1 Å². The molecule has 0 saturated heterocycles. The average molecular weight is 943 g/mol. The van der Waals surface area contributed by atoms with Gasteiger partial charge < -0.3 is 29.1 Å². The summed E-state index contributed by atoms with van der Waals surface area (Å²) >= 11 is 0.0105. The van der Waals surface area contributed by atoms with Crippen molar-refractivity contribution in [2.24, 2.45) is 20.5 Å². The van der Waals surface area contributed by atoms with Crippen molar-refractivity contribution in [3.05, 3.63) is 48.5 Å². The van der Waals surface area contributed by atoms with E-state index in [2.05, 4.69) is 38.2 Å². The third kappa shape index (κ3) is 18.1. The van der Waals surface area contributed by atoms with Crippen LogP contribution in [0.15, 0.2) is 88.6 Å². The summed E-state index contributed by atoms with van der Waals surface area (Å²) < 4.78 is 165. The minimum atomic E-state index is -5.49. The summed E-state index contributed by atoms with van der Waals surface area (Å²) in [4.78, 5) is -3.91. The second-order valence-electron chi connectivity index (χ2n) is 9.29. The van der Waals surface area contributed by atoms with Gasteiger partial charge in [-0.1, -0.05) is 0 Å². The smallest absolute Gasteiger partial charge is 0.744 e. The van der Waals surface area contributed by atoms with Crippen molar-refractivity contribution in [1.82, 2.24) is 0 Å². The fraction of sp³-hybridized carbons (Fsp3) is 0.182. The van der Waals surface area contributed by atoms with E-state index in [1.54, 1.807) is 0 Å². The molecule has 0 heterocycles. The van der Waals surface area contributed by atoms with Crippen LogP contribution in [0, 0.1) is 0 Å². The predicted molar refractivity (Wildman–Crippen MR) is 162 cm³/mol. The van der Waals surface area contributed by atoms with Crippen LogP contribution < -0.4 is 123 Å². The minimum Gasteiger partial charge on any atom is -0.744 e. The van der Waals surface area contributed by atoms with E-state index in [1.165, 1.54) is 0 Å². The molecule has 3 aromatic carbocycles. The summed E-state index contributed by atoms with van der Waals surface area (Å²) in [5.74, 6) is -3.57. The third-order valence-corrected chi connectivity index (χ3v) is 11.8. The zero-order valence-electron chi connectivity index (χ0n) is 28.9. The molecule has 24 nitrogen and oxygen atoms in total. The Kier molecular flexibility index (Phi) is 25.6. The molecular formula is C22H18N4Na4O20S6.